The molecule has 0 fully saturated rings. The van der Waals surface area contributed by atoms with Gasteiger partial charge in [-0.2, -0.15) is 0 Å². The normalized spacial score (nSPS) is 13.1. The van der Waals surface area contributed by atoms with Crippen LogP contribution in [0.2, 0.25) is 0 Å². The van der Waals surface area contributed by atoms with Crippen molar-refractivity contribution in [3.8, 4) is 0 Å². The zero-order chi connectivity index (χ0) is 13.0. The zero-order valence-corrected chi connectivity index (χ0v) is 11.0. The molecule has 1 aromatic carbocycles. The molecule has 0 aliphatic rings. The van der Waals surface area contributed by atoms with Gasteiger partial charge in [0.1, 0.15) is 22.6 Å². The van der Waals surface area contributed by atoms with Gasteiger partial charge in [-0.05, 0) is 45.0 Å². The molecule has 0 bridgehead atoms. The number of ketones is 1. The van der Waals surface area contributed by atoms with E-state index in [1.54, 1.807) is 4.31 Å². The summed E-state index contributed by atoms with van der Waals surface area (Å²) in [5.41, 5.74) is 0. The molecule has 0 aliphatic carbocycles. The van der Waals surface area contributed by atoms with Gasteiger partial charge in [-0.15, -0.1) is 0 Å². The third kappa shape index (κ3) is 4.02. The number of carbonyl (C=O) groups excluding carboxylic acids is 1. The maximum atomic E-state index is 12.8. The van der Waals surface area contributed by atoms with E-state index in [1.807, 2.05) is 13.8 Å². The van der Waals surface area contributed by atoms with Crippen molar-refractivity contribution in [3.63, 3.8) is 0 Å². The van der Waals surface area contributed by atoms with Crippen LogP contribution in [0.25, 0.3) is 0 Å². The maximum Gasteiger partial charge on any atom is 0.144 e. The van der Waals surface area contributed by atoms with E-state index in [9.17, 15) is 13.4 Å². The van der Waals surface area contributed by atoms with Gasteiger partial charge in [0.25, 0.3) is 0 Å². The van der Waals surface area contributed by atoms with Gasteiger partial charge in [-0.3, -0.25) is 4.79 Å². The molecule has 0 N–H and O–H groups in total. The predicted octanol–water partition coefficient (Wildman–Crippen LogP) is 2.15. The summed E-state index contributed by atoms with van der Waals surface area (Å²) in [6.45, 7) is 5.31. The SMILES string of the molecule is CC(=O)CN(C(C)C)S(=O)c1ccc(F)cc1. The number of hydrogen-bond acceptors (Lipinski definition) is 2. The van der Waals surface area contributed by atoms with Crippen LogP contribution >= 0.6 is 0 Å². The highest BCUT2D eigenvalue weighted by molar-refractivity contribution is 7.82. The first-order valence-corrected chi connectivity index (χ1v) is 6.46. The number of nitrogens with zero attached hydrogens (tertiary/aromatic N) is 1. The van der Waals surface area contributed by atoms with E-state index in [-0.39, 0.29) is 24.2 Å². The molecular weight excluding hydrogens is 241 g/mol. The minimum absolute atomic E-state index is 0.0233. The molecule has 1 unspecified atom stereocenters. The summed E-state index contributed by atoms with van der Waals surface area (Å²) in [5, 5.41) is 0. The van der Waals surface area contributed by atoms with E-state index in [4.69, 9.17) is 0 Å². The van der Waals surface area contributed by atoms with Gasteiger partial charge < -0.3 is 0 Å². The molecule has 0 saturated heterocycles. The minimum atomic E-state index is -1.43. The number of Topliss-reactive ketones (excluding diaryl/α,β-unsaturated/α-hetero) is 1. The predicted molar refractivity (Wildman–Crippen MR) is 65.3 cm³/mol. The molecule has 0 heterocycles. The van der Waals surface area contributed by atoms with Gasteiger partial charge in [0.05, 0.1) is 11.4 Å². The van der Waals surface area contributed by atoms with Crippen LogP contribution in [0.1, 0.15) is 20.8 Å². The van der Waals surface area contributed by atoms with Gasteiger partial charge in [-0.25, -0.2) is 12.9 Å². The minimum Gasteiger partial charge on any atom is -0.299 e. The van der Waals surface area contributed by atoms with E-state index in [2.05, 4.69) is 0 Å². The Bertz CT molecular complexity index is 417. The lowest BCUT2D eigenvalue weighted by molar-refractivity contribution is -0.117. The van der Waals surface area contributed by atoms with Crippen molar-refractivity contribution in [3.05, 3.63) is 30.1 Å². The lowest BCUT2D eigenvalue weighted by atomic mass is 10.3. The second-order valence-corrected chi connectivity index (χ2v) is 5.51. The van der Waals surface area contributed by atoms with Crippen molar-refractivity contribution in [2.75, 3.05) is 6.54 Å². The monoisotopic (exact) mass is 257 g/mol. The molecule has 94 valence electrons. The number of hydrogen-bond donors (Lipinski definition) is 0. The Morgan fingerprint density at radius 2 is 1.88 bits per heavy atom. The average molecular weight is 257 g/mol. The van der Waals surface area contributed by atoms with Gasteiger partial charge in [-0.1, -0.05) is 0 Å². The number of carbonyl (C=O) groups is 1. The molecule has 0 spiro atoms. The van der Waals surface area contributed by atoms with Crippen molar-refractivity contribution in [1.82, 2.24) is 4.31 Å². The van der Waals surface area contributed by atoms with Gasteiger partial charge in [0.15, 0.2) is 0 Å². The molecule has 0 aromatic heterocycles. The van der Waals surface area contributed by atoms with Crippen LogP contribution in [-0.2, 0) is 15.8 Å². The molecule has 0 aliphatic heterocycles. The van der Waals surface area contributed by atoms with Crippen molar-refractivity contribution in [1.29, 1.82) is 0 Å². The van der Waals surface area contributed by atoms with Gasteiger partial charge in [0.2, 0.25) is 0 Å². The van der Waals surface area contributed by atoms with Gasteiger partial charge in [0, 0.05) is 6.04 Å². The molecule has 0 amide bonds. The fraction of sp³-hybridized carbons (Fsp3) is 0.417. The molecule has 1 aromatic rings. The van der Waals surface area contributed by atoms with Crippen molar-refractivity contribution in [2.24, 2.45) is 0 Å². The van der Waals surface area contributed by atoms with E-state index in [0.29, 0.717) is 4.90 Å². The Kier molecular flexibility index (Phi) is 4.96. The number of rotatable bonds is 5. The zero-order valence-electron chi connectivity index (χ0n) is 10.1. The number of benzene rings is 1. The Morgan fingerprint density at radius 3 is 2.29 bits per heavy atom. The smallest absolute Gasteiger partial charge is 0.144 e. The molecule has 1 atom stereocenters. The molecule has 0 radical (unpaired) electrons. The lowest BCUT2D eigenvalue weighted by Gasteiger charge is -2.23. The van der Waals surface area contributed by atoms with Crippen LogP contribution in [0.4, 0.5) is 4.39 Å². The van der Waals surface area contributed by atoms with Crippen LogP contribution in [0.5, 0.6) is 0 Å². The molecule has 1 rings (SSSR count). The van der Waals surface area contributed by atoms with Crippen LogP contribution in [0.15, 0.2) is 29.2 Å². The topological polar surface area (TPSA) is 37.4 Å². The van der Waals surface area contributed by atoms with Gasteiger partial charge >= 0.3 is 0 Å². The summed E-state index contributed by atoms with van der Waals surface area (Å²) in [7, 11) is -1.43. The highest BCUT2D eigenvalue weighted by Gasteiger charge is 2.19. The lowest BCUT2D eigenvalue weighted by Crippen LogP contribution is -2.36. The summed E-state index contributed by atoms with van der Waals surface area (Å²) in [6, 6.07) is 5.45. The highest BCUT2D eigenvalue weighted by Crippen LogP contribution is 2.14. The first-order chi connectivity index (χ1) is 7.91. The molecule has 5 heteroatoms. The largest absolute Gasteiger partial charge is 0.299 e. The first kappa shape index (κ1) is 14.0. The first-order valence-electron chi connectivity index (χ1n) is 5.35. The van der Waals surface area contributed by atoms with Crippen LogP contribution < -0.4 is 0 Å². The Morgan fingerprint density at radius 1 is 1.35 bits per heavy atom. The Balaban J connectivity index is 2.91. The quantitative estimate of drug-likeness (QED) is 0.810. The summed E-state index contributed by atoms with van der Waals surface area (Å²) >= 11 is 0. The standard InChI is InChI=1S/C12H16FNO2S/c1-9(2)14(8-10(3)15)17(16)12-6-4-11(13)5-7-12/h4-7,9H,8H2,1-3H3. The summed E-state index contributed by atoms with van der Waals surface area (Å²) in [6.07, 6.45) is 0. The van der Waals surface area contributed by atoms with E-state index in [1.165, 1.54) is 31.2 Å². The third-order valence-corrected chi connectivity index (χ3v) is 3.83. The van der Waals surface area contributed by atoms with Crippen molar-refractivity contribution in [2.45, 2.75) is 31.7 Å². The summed E-state index contributed by atoms with van der Waals surface area (Å²) in [4.78, 5) is 11.6. The summed E-state index contributed by atoms with van der Waals surface area (Å²) in [5.74, 6) is -0.414. The molecule has 3 nitrogen and oxygen atoms in total. The van der Waals surface area contributed by atoms with Crippen molar-refractivity contribution >= 4 is 16.8 Å². The fourth-order valence-corrected chi connectivity index (χ4v) is 2.66. The Labute approximate surface area is 103 Å². The molecule has 0 saturated carbocycles. The van der Waals surface area contributed by atoms with E-state index < -0.39 is 11.0 Å². The molecular formula is C12H16FNO2S. The highest BCUT2D eigenvalue weighted by atomic mass is 32.2. The second-order valence-electron chi connectivity index (χ2n) is 4.07. The van der Waals surface area contributed by atoms with Crippen LogP contribution in [0, 0.1) is 5.82 Å². The second kappa shape index (κ2) is 6.02. The van der Waals surface area contributed by atoms with E-state index >= 15 is 0 Å². The number of halogens is 1. The van der Waals surface area contributed by atoms with Crippen LogP contribution in [-0.4, -0.2) is 26.9 Å². The average Bonchev–Trinajstić information content (AvgIpc) is 2.25. The Hall–Kier alpha value is -1.07. The maximum absolute atomic E-state index is 12.8. The molecule has 17 heavy (non-hydrogen) atoms. The van der Waals surface area contributed by atoms with Crippen molar-refractivity contribution < 1.29 is 13.4 Å². The van der Waals surface area contributed by atoms with Crippen LogP contribution in [0.3, 0.4) is 0 Å². The summed E-state index contributed by atoms with van der Waals surface area (Å²) < 4.78 is 26.5. The third-order valence-electron chi connectivity index (χ3n) is 2.18. The van der Waals surface area contributed by atoms with E-state index in [0.717, 1.165) is 0 Å². The fourth-order valence-electron chi connectivity index (χ4n) is 1.34.